The van der Waals surface area contributed by atoms with Gasteiger partial charge in [0, 0.05) is 0 Å². The first-order valence-corrected chi connectivity index (χ1v) is 5.06. The normalized spacial score (nSPS) is 12.1. The zero-order valence-electron chi connectivity index (χ0n) is 5.84. The summed E-state index contributed by atoms with van der Waals surface area (Å²) in [5, 5.41) is 5.84. The first kappa shape index (κ1) is 10.2. The minimum absolute atomic E-state index is 0.0204. The molecule has 0 bridgehead atoms. The minimum Gasteiger partial charge on any atom is -0.379 e. The monoisotopic (exact) mass is 241 g/mol. The van der Waals surface area contributed by atoms with E-state index in [2.05, 4.69) is 27.2 Å². The van der Waals surface area contributed by atoms with Crippen molar-refractivity contribution in [3.8, 4) is 5.19 Å². The van der Waals surface area contributed by atoms with E-state index < -0.39 is 17.4 Å². The van der Waals surface area contributed by atoms with Gasteiger partial charge in [0.05, 0.1) is 0 Å². The van der Waals surface area contributed by atoms with Crippen LogP contribution in [0, 0.1) is 3.95 Å². The number of H-pyrrole nitrogens is 1. The molecular weight excluding hydrogens is 238 g/mol. The molecule has 1 heterocycles. The number of ether oxygens (including phenoxy) is 1. The molecule has 72 valence electrons. The van der Waals surface area contributed by atoms with E-state index in [-0.39, 0.29) is 5.19 Å². The van der Waals surface area contributed by atoms with Crippen molar-refractivity contribution in [3.05, 3.63) is 3.95 Å². The van der Waals surface area contributed by atoms with Crippen LogP contribution in [0.3, 0.4) is 0 Å². The number of carbonyl (C=O) groups excluding carboxylic acids is 1. The Bertz CT molecular complexity index is 383. The Morgan fingerprint density at radius 3 is 3.00 bits per heavy atom. The summed E-state index contributed by atoms with van der Waals surface area (Å²) in [7, 11) is 0. The van der Waals surface area contributed by atoms with Crippen LogP contribution in [-0.4, -0.2) is 25.1 Å². The number of aromatic amines is 1. The van der Waals surface area contributed by atoms with Gasteiger partial charge >= 0.3 is 11.3 Å². The number of aromatic nitrogens is 2. The van der Waals surface area contributed by atoms with Crippen LogP contribution >= 0.6 is 23.6 Å². The molecule has 0 radical (unpaired) electrons. The first-order chi connectivity index (χ1) is 6.08. The van der Waals surface area contributed by atoms with Crippen LogP contribution in [0.15, 0.2) is 0 Å². The maximum atomic E-state index is 10.7. The third kappa shape index (κ3) is 3.59. The standard InChI is InChI=1S/C3H3N3O4S3/c7-1(6-13(8)9)10-2-4-5-3(11)12-2/h(H,5,11)(H,6,7)(H,8,9). The van der Waals surface area contributed by atoms with Gasteiger partial charge < -0.3 is 4.74 Å². The Labute approximate surface area is 83.5 Å². The summed E-state index contributed by atoms with van der Waals surface area (Å²) in [6.45, 7) is 0. The van der Waals surface area contributed by atoms with E-state index in [1.54, 1.807) is 4.72 Å². The van der Waals surface area contributed by atoms with Gasteiger partial charge in [0.1, 0.15) is 0 Å². The van der Waals surface area contributed by atoms with Crippen molar-refractivity contribution in [2.75, 3.05) is 0 Å². The summed E-state index contributed by atoms with van der Waals surface area (Å²) < 4.78 is 24.7. The minimum atomic E-state index is -2.45. The third-order valence-electron chi connectivity index (χ3n) is 0.769. The maximum Gasteiger partial charge on any atom is 0.428 e. The Morgan fingerprint density at radius 2 is 2.54 bits per heavy atom. The topological polar surface area (TPSA) is 104 Å². The van der Waals surface area contributed by atoms with Crippen LogP contribution < -0.4 is 9.46 Å². The number of nitrogens with zero attached hydrogens (tertiary/aromatic N) is 1. The highest BCUT2D eigenvalue weighted by molar-refractivity contribution is 7.77. The maximum absolute atomic E-state index is 10.7. The van der Waals surface area contributed by atoms with E-state index in [4.69, 9.17) is 4.55 Å². The van der Waals surface area contributed by atoms with E-state index in [0.717, 1.165) is 11.3 Å². The smallest absolute Gasteiger partial charge is 0.379 e. The molecule has 1 aromatic rings. The average molecular weight is 241 g/mol. The zero-order chi connectivity index (χ0) is 9.84. The molecule has 1 amide bonds. The number of hydrogen-bond acceptors (Lipinski definition) is 6. The number of rotatable bonds is 2. The molecule has 0 aliphatic rings. The van der Waals surface area contributed by atoms with Crippen LogP contribution in [0.2, 0.25) is 0 Å². The van der Waals surface area contributed by atoms with E-state index in [9.17, 15) is 9.00 Å². The molecule has 13 heavy (non-hydrogen) atoms. The molecule has 0 aromatic carbocycles. The second-order valence-corrected chi connectivity index (χ2v) is 3.95. The Kier molecular flexibility index (Phi) is 3.48. The molecule has 10 heteroatoms. The Morgan fingerprint density at radius 1 is 1.85 bits per heavy atom. The molecule has 0 aliphatic heterocycles. The molecule has 7 nitrogen and oxygen atoms in total. The second kappa shape index (κ2) is 4.41. The number of nitrogens with one attached hydrogen (secondary N) is 2. The summed E-state index contributed by atoms with van der Waals surface area (Å²) in [4.78, 5) is 10.7. The van der Waals surface area contributed by atoms with Gasteiger partial charge in [-0.05, 0) is 23.6 Å². The molecule has 1 atom stereocenters. The number of hydrogen-bond donors (Lipinski definition) is 3. The van der Waals surface area contributed by atoms with Crippen LogP contribution in [0.5, 0.6) is 5.19 Å². The predicted molar refractivity (Wildman–Crippen MR) is 47.2 cm³/mol. The molecule has 1 rings (SSSR count). The van der Waals surface area contributed by atoms with Crippen molar-refractivity contribution in [1.29, 1.82) is 0 Å². The van der Waals surface area contributed by atoms with Crippen molar-refractivity contribution in [3.63, 3.8) is 0 Å². The summed E-state index contributed by atoms with van der Waals surface area (Å²) in [6.07, 6.45) is -1.07. The fourth-order valence-corrected chi connectivity index (χ4v) is 1.33. The van der Waals surface area contributed by atoms with Gasteiger partial charge in [-0.2, -0.15) is 0 Å². The largest absolute Gasteiger partial charge is 0.428 e. The van der Waals surface area contributed by atoms with Gasteiger partial charge in [-0.1, -0.05) is 0 Å². The lowest BCUT2D eigenvalue weighted by Gasteiger charge is -1.96. The third-order valence-corrected chi connectivity index (χ3v) is 2.08. The summed E-state index contributed by atoms with van der Waals surface area (Å²) in [5.41, 5.74) is 0. The Balaban J connectivity index is 2.55. The molecule has 0 fully saturated rings. The van der Waals surface area contributed by atoms with Crippen molar-refractivity contribution in [1.82, 2.24) is 14.9 Å². The van der Waals surface area contributed by atoms with Crippen LogP contribution in [0.25, 0.3) is 0 Å². The lowest BCUT2D eigenvalue weighted by Crippen LogP contribution is -2.28. The van der Waals surface area contributed by atoms with Crippen molar-refractivity contribution < 1.29 is 18.3 Å². The molecular formula is C3H3N3O4S3. The fraction of sp³-hybridized carbons (Fsp3) is 0. The summed E-state index contributed by atoms with van der Waals surface area (Å²) in [5.74, 6) is 0. The highest BCUT2D eigenvalue weighted by Gasteiger charge is 2.08. The first-order valence-electron chi connectivity index (χ1n) is 2.73. The molecule has 0 spiro atoms. The second-order valence-electron chi connectivity index (χ2n) is 1.62. The molecule has 0 saturated heterocycles. The highest BCUT2D eigenvalue weighted by Crippen LogP contribution is 2.13. The number of amides is 1. The zero-order valence-corrected chi connectivity index (χ0v) is 8.29. The van der Waals surface area contributed by atoms with Gasteiger partial charge in [0.15, 0.2) is 3.95 Å². The predicted octanol–water partition coefficient (Wildman–Crippen LogP) is 0.426. The van der Waals surface area contributed by atoms with Crippen molar-refractivity contribution >= 4 is 40.9 Å². The van der Waals surface area contributed by atoms with Gasteiger partial charge in [-0.25, -0.2) is 13.7 Å². The lowest BCUT2D eigenvalue weighted by molar-refractivity contribution is 0.206. The number of carbonyl (C=O) groups is 1. The van der Waals surface area contributed by atoms with Crippen LogP contribution in [0.4, 0.5) is 4.79 Å². The molecule has 1 unspecified atom stereocenters. The van der Waals surface area contributed by atoms with Crippen molar-refractivity contribution in [2.24, 2.45) is 0 Å². The SMILES string of the molecule is O=C(NS(=O)O)Oc1n[nH]c(=S)s1. The molecule has 1 aromatic heterocycles. The van der Waals surface area contributed by atoms with Crippen molar-refractivity contribution in [2.45, 2.75) is 0 Å². The van der Waals surface area contributed by atoms with Gasteiger partial charge in [-0.3, -0.25) is 9.65 Å². The van der Waals surface area contributed by atoms with Crippen LogP contribution in [0.1, 0.15) is 0 Å². The van der Waals surface area contributed by atoms with Crippen LogP contribution in [-0.2, 0) is 11.3 Å². The van der Waals surface area contributed by atoms with E-state index in [1.807, 2.05) is 0 Å². The molecule has 3 N–H and O–H groups in total. The highest BCUT2D eigenvalue weighted by atomic mass is 32.2. The van der Waals surface area contributed by atoms with E-state index in [1.165, 1.54) is 0 Å². The van der Waals surface area contributed by atoms with Gasteiger partial charge in [0.2, 0.25) is 0 Å². The quantitative estimate of drug-likeness (QED) is 0.512. The van der Waals surface area contributed by atoms with E-state index >= 15 is 0 Å². The summed E-state index contributed by atoms with van der Waals surface area (Å²) in [6, 6.07) is 0. The lowest BCUT2D eigenvalue weighted by atomic mass is 11.2. The molecule has 0 saturated carbocycles. The van der Waals surface area contributed by atoms with Gasteiger partial charge in [0.25, 0.3) is 11.3 Å². The fourth-order valence-electron chi connectivity index (χ4n) is 0.431. The summed E-state index contributed by atoms with van der Waals surface area (Å²) >= 11 is 3.13. The Hall–Kier alpha value is -0.840. The molecule has 0 aliphatic carbocycles. The van der Waals surface area contributed by atoms with Gasteiger partial charge in [-0.15, -0.1) is 5.10 Å². The van der Waals surface area contributed by atoms with E-state index in [0.29, 0.717) is 3.95 Å². The average Bonchev–Trinajstić information content (AvgIpc) is 2.33.